The topological polar surface area (TPSA) is 83.6 Å². The second-order valence-corrected chi connectivity index (χ2v) is 5.45. The van der Waals surface area contributed by atoms with Gasteiger partial charge in [-0.25, -0.2) is 9.97 Å². The van der Waals surface area contributed by atoms with Crippen molar-refractivity contribution in [2.45, 2.75) is 25.7 Å². The molecule has 2 N–H and O–H groups in total. The number of aromatic nitrogens is 4. The van der Waals surface area contributed by atoms with Gasteiger partial charge in [0.2, 0.25) is 5.82 Å². The second-order valence-electron chi connectivity index (χ2n) is 4.70. The van der Waals surface area contributed by atoms with Crippen LogP contribution in [0, 0.1) is 6.92 Å². The van der Waals surface area contributed by atoms with Gasteiger partial charge in [-0.05, 0) is 31.4 Å². The molecule has 2 heterocycles. The van der Waals surface area contributed by atoms with E-state index >= 15 is 0 Å². The minimum atomic E-state index is -0.428. The van der Waals surface area contributed by atoms with Crippen LogP contribution in [-0.4, -0.2) is 26.1 Å². The molecule has 20 heavy (non-hydrogen) atoms. The normalized spacial score (nSPS) is 14.3. The Balaban J connectivity index is 1.81. The summed E-state index contributed by atoms with van der Waals surface area (Å²) in [6.45, 7) is 1.78. The standard InChI is InChI=1S/C12H11Cl2N5O/c1-5-4-7(13)15-9(14)8(5)16-12(20)11-17-10(18-19-11)6-2-3-6/h4,6H,2-3H2,1H3,(H,16,20)(H,17,18,19). The molecule has 0 radical (unpaired) electrons. The van der Waals surface area contributed by atoms with Gasteiger partial charge in [0.15, 0.2) is 5.15 Å². The van der Waals surface area contributed by atoms with Crippen molar-refractivity contribution in [3.63, 3.8) is 0 Å². The molecular formula is C12H11Cl2N5O. The lowest BCUT2D eigenvalue weighted by molar-refractivity contribution is 0.101. The van der Waals surface area contributed by atoms with E-state index in [1.807, 2.05) is 0 Å². The fraction of sp³-hybridized carbons (Fsp3) is 0.333. The fourth-order valence-corrected chi connectivity index (χ4v) is 2.41. The number of H-pyrrole nitrogens is 1. The van der Waals surface area contributed by atoms with E-state index in [-0.39, 0.29) is 16.1 Å². The van der Waals surface area contributed by atoms with Gasteiger partial charge in [0.1, 0.15) is 11.0 Å². The van der Waals surface area contributed by atoms with Crippen molar-refractivity contribution >= 4 is 34.8 Å². The molecule has 0 saturated heterocycles. The zero-order valence-corrected chi connectivity index (χ0v) is 12.1. The predicted octanol–water partition coefficient (Wildman–Crippen LogP) is 2.94. The number of nitrogens with one attached hydrogen (secondary N) is 2. The molecule has 1 aliphatic rings. The molecule has 2 aromatic heterocycles. The van der Waals surface area contributed by atoms with E-state index in [0.717, 1.165) is 24.2 Å². The highest BCUT2D eigenvalue weighted by Crippen LogP contribution is 2.37. The number of halogens is 2. The first-order chi connectivity index (χ1) is 9.54. The summed E-state index contributed by atoms with van der Waals surface area (Å²) in [4.78, 5) is 20.2. The van der Waals surface area contributed by atoms with Crippen LogP contribution in [0.2, 0.25) is 10.3 Å². The molecule has 0 aliphatic heterocycles. The van der Waals surface area contributed by atoms with Crippen molar-refractivity contribution in [3.05, 3.63) is 33.6 Å². The molecule has 1 fully saturated rings. The number of aromatic amines is 1. The minimum absolute atomic E-state index is 0.0947. The summed E-state index contributed by atoms with van der Waals surface area (Å²) >= 11 is 11.8. The fourth-order valence-electron chi connectivity index (χ4n) is 1.83. The van der Waals surface area contributed by atoms with Crippen LogP contribution in [-0.2, 0) is 0 Å². The Kier molecular flexibility index (Phi) is 3.35. The Morgan fingerprint density at radius 3 is 2.80 bits per heavy atom. The van der Waals surface area contributed by atoms with E-state index in [2.05, 4.69) is 25.5 Å². The maximum atomic E-state index is 12.1. The number of rotatable bonds is 3. The summed E-state index contributed by atoms with van der Waals surface area (Å²) in [6, 6.07) is 1.62. The smallest absolute Gasteiger partial charge is 0.295 e. The van der Waals surface area contributed by atoms with E-state index in [4.69, 9.17) is 23.2 Å². The van der Waals surface area contributed by atoms with Gasteiger partial charge in [-0.2, -0.15) is 0 Å². The lowest BCUT2D eigenvalue weighted by Gasteiger charge is -2.08. The molecule has 3 rings (SSSR count). The summed E-state index contributed by atoms with van der Waals surface area (Å²) in [5, 5.41) is 9.77. The van der Waals surface area contributed by atoms with Crippen LogP contribution < -0.4 is 5.32 Å². The third-order valence-corrected chi connectivity index (χ3v) is 3.52. The molecular weight excluding hydrogens is 301 g/mol. The summed E-state index contributed by atoms with van der Waals surface area (Å²) in [7, 11) is 0. The van der Waals surface area contributed by atoms with Crippen molar-refractivity contribution < 1.29 is 4.79 Å². The number of hydrogen-bond donors (Lipinski definition) is 2. The van der Waals surface area contributed by atoms with E-state index < -0.39 is 5.91 Å². The zero-order valence-electron chi connectivity index (χ0n) is 10.6. The third-order valence-electron chi connectivity index (χ3n) is 3.05. The Labute approximate surface area is 124 Å². The van der Waals surface area contributed by atoms with E-state index in [9.17, 15) is 4.79 Å². The second kappa shape index (κ2) is 5.03. The Morgan fingerprint density at radius 2 is 2.15 bits per heavy atom. The molecule has 8 heteroatoms. The van der Waals surface area contributed by atoms with Crippen molar-refractivity contribution in [2.24, 2.45) is 0 Å². The highest BCUT2D eigenvalue weighted by atomic mass is 35.5. The van der Waals surface area contributed by atoms with Gasteiger partial charge in [-0.1, -0.05) is 23.2 Å². The Bertz CT molecular complexity index is 657. The summed E-state index contributed by atoms with van der Waals surface area (Å²) in [5.74, 6) is 0.832. The number of amides is 1. The quantitative estimate of drug-likeness (QED) is 0.854. The predicted molar refractivity (Wildman–Crippen MR) is 75.3 cm³/mol. The van der Waals surface area contributed by atoms with Crippen LogP contribution in [0.25, 0.3) is 0 Å². The number of pyridine rings is 1. The van der Waals surface area contributed by atoms with Crippen LogP contribution in [0.1, 0.15) is 40.8 Å². The Morgan fingerprint density at radius 1 is 1.40 bits per heavy atom. The van der Waals surface area contributed by atoms with Crippen molar-refractivity contribution in [1.82, 2.24) is 20.2 Å². The van der Waals surface area contributed by atoms with Crippen molar-refractivity contribution in [1.29, 1.82) is 0 Å². The van der Waals surface area contributed by atoms with Gasteiger partial charge < -0.3 is 5.32 Å². The number of carbonyl (C=O) groups excluding carboxylic acids is 1. The monoisotopic (exact) mass is 311 g/mol. The lowest BCUT2D eigenvalue weighted by Crippen LogP contribution is -2.15. The Hall–Kier alpha value is -1.66. The molecule has 0 aromatic carbocycles. The van der Waals surface area contributed by atoms with Gasteiger partial charge >= 0.3 is 0 Å². The van der Waals surface area contributed by atoms with Gasteiger partial charge in [0, 0.05) is 5.92 Å². The number of hydrogen-bond acceptors (Lipinski definition) is 4. The van der Waals surface area contributed by atoms with Crippen molar-refractivity contribution in [3.8, 4) is 0 Å². The molecule has 0 atom stereocenters. The molecule has 0 unspecified atom stereocenters. The van der Waals surface area contributed by atoms with Gasteiger partial charge in [0.05, 0.1) is 5.69 Å². The van der Waals surface area contributed by atoms with Gasteiger partial charge in [-0.15, -0.1) is 5.10 Å². The highest BCUT2D eigenvalue weighted by Gasteiger charge is 2.28. The summed E-state index contributed by atoms with van der Waals surface area (Å²) in [5.41, 5.74) is 1.14. The van der Waals surface area contributed by atoms with E-state index in [1.165, 1.54) is 0 Å². The molecule has 1 aliphatic carbocycles. The zero-order chi connectivity index (χ0) is 14.3. The van der Waals surface area contributed by atoms with Crippen LogP contribution in [0.4, 0.5) is 5.69 Å². The molecule has 1 saturated carbocycles. The average molecular weight is 312 g/mol. The maximum absolute atomic E-state index is 12.1. The first-order valence-electron chi connectivity index (χ1n) is 6.11. The lowest BCUT2D eigenvalue weighted by atomic mass is 10.2. The minimum Gasteiger partial charge on any atom is -0.316 e. The van der Waals surface area contributed by atoms with Gasteiger partial charge in [-0.3, -0.25) is 9.89 Å². The van der Waals surface area contributed by atoms with E-state index in [0.29, 0.717) is 11.6 Å². The molecule has 0 spiro atoms. The molecule has 2 aromatic rings. The van der Waals surface area contributed by atoms with Gasteiger partial charge in [0.25, 0.3) is 5.91 Å². The molecule has 104 valence electrons. The number of carbonyl (C=O) groups is 1. The first-order valence-corrected chi connectivity index (χ1v) is 6.86. The molecule has 0 bridgehead atoms. The SMILES string of the molecule is Cc1cc(Cl)nc(Cl)c1NC(=O)c1n[nH]c(C2CC2)n1. The molecule has 6 nitrogen and oxygen atoms in total. The average Bonchev–Trinajstić information content (AvgIpc) is 3.11. The number of aryl methyl sites for hydroxylation is 1. The van der Waals surface area contributed by atoms with Crippen molar-refractivity contribution in [2.75, 3.05) is 5.32 Å². The summed E-state index contributed by atoms with van der Waals surface area (Å²) in [6.07, 6.45) is 2.17. The third kappa shape index (κ3) is 2.62. The van der Waals surface area contributed by atoms with Crippen LogP contribution >= 0.6 is 23.2 Å². The van der Waals surface area contributed by atoms with Crippen LogP contribution in [0.15, 0.2) is 6.07 Å². The largest absolute Gasteiger partial charge is 0.316 e. The summed E-state index contributed by atoms with van der Waals surface area (Å²) < 4.78 is 0. The van der Waals surface area contributed by atoms with Crippen LogP contribution in [0.3, 0.4) is 0 Å². The van der Waals surface area contributed by atoms with Crippen LogP contribution in [0.5, 0.6) is 0 Å². The highest BCUT2D eigenvalue weighted by molar-refractivity contribution is 6.35. The number of anilines is 1. The first kappa shape index (κ1) is 13.3. The molecule has 1 amide bonds. The maximum Gasteiger partial charge on any atom is 0.295 e. The van der Waals surface area contributed by atoms with E-state index in [1.54, 1.807) is 13.0 Å². The number of nitrogens with zero attached hydrogens (tertiary/aromatic N) is 3.